The van der Waals surface area contributed by atoms with Gasteiger partial charge < -0.3 is 9.73 Å². The number of hydrogen-bond acceptors (Lipinski definition) is 4. The Labute approximate surface area is 156 Å². The van der Waals surface area contributed by atoms with Crippen LogP contribution in [0.3, 0.4) is 0 Å². The first kappa shape index (κ1) is 17.5. The molecule has 1 aromatic carbocycles. The summed E-state index contributed by atoms with van der Waals surface area (Å²) in [4.78, 5) is 14.3. The van der Waals surface area contributed by atoms with Crippen LogP contribution in [0.5, 0.6) is 0 Å². The minimum Gasteiger partial charge on any atom is -0.459 e. The lowest BCUT2D eigenvalue weighted by Gasteiger charge is -2.34. The monoisotopic (exact) mass is 368 g/mol. The van der Waals surface area contributed by atoms with Crippen LogP contribution in [-0.4, -0.2) is 33.7 Å². The molecule has 3 heterocycles. The quantitative estimate of drug-likeness (QED) is 0.727. The van der Waals surface area contributed by atoms with Gasteiger partial charge in [0.15, 0.2) is 5.76 Å². The predicted octanol–water partition coefficient (Wildman–Crippen LogP) is 2.99. The van der Waals surface area contributed by atoms with Crippen LogP contribution in [0.15, 0.2) is 59.3 Å². The minimum atomic E-state index is -0.216. The van der Waals surface area contributed by atoms with Crippen molar-refractivity contribution in [3.63, 3.8) is 0 Å². The van der Waals surface area contributed by atoms with E-state index < -0.39 is 0 Å². The van der Waals surface area contributed by atoms with Crippen molar-refractivity contribution in [2.45, 2.75) is 25.6 Å². The zero-order valence-electron chi connectivity index (χ0n) is 14.8. The summed E-state index contributed by atoms with van der Waals surface area (Å²) in [5.41, 5.74) is 2.08. The van der Waals surface area contributed by atoms with Gasteiger partial charge in [-0.2, -0.15) is 5.10 Å². The van der Waals surface area contributed by atoms with E-state index in [4.69, 9.17) is 4.42 Å². The van der Waals surface area contributed by atoms with E-state index in [-0.39, 0.29) is 17.8 Å². The smallest absolute Gasteiger partial charge is 0.286 e. The number of aromatic nitrogens is 2. The van der Waals surface area contributed by atoms with Crippen LogP contribution in [-0.2, 0) is 13.1 Å². The van der Waals surface area contributed by atoms with Gasteiger partial charge in [0, 0.05) is 32.4 Å². The Morgan fingerprint density at radius 1 is 1.30 bits per heavy atom. The van der Waals surface area contributed by atoms with Gasteiger partial charge in [-0.15, -0.1) is 0 Å². The molecule has 1 aliphatic heterocycles. The third-order valence-electron chi connectivity index (χ3n) is 4.76. The number of rotatable bonds is 6. The summed E-state index contributed by atoms with van der Waals surface area (Å²) in [6.45, 7) is 2.77. The highest BCUT2D eigenvalue weighted by atomic mass is 19.1. The second-order valence-electron chi connectivity index (χ2n) is 6.74. The fraction of sp³-hybridized carbons (Fsp3) is 0.300. The Morgan fingerprint density at radius 3 is 3.04 bits per heavy atom. The molecule has 0 aliphatic carbocycles. The van der Waals surface area contributed by atoms with Crippen molar-refractivity contribution in [2.75, 3.05) is 13.1 Å². The van der Waals surface area contributed by atoms with Gasteiger partial charge in [-0.05, 0) is 42.3 Å². The van der Waals surface area contributed by atoms with Crippen molar-refractivity contribution in [3.8, 4) is 0 Å². The van der Waals surface area contributed by atoms with Crippen LogP contribution in [0, 0.1) is 5.82 Å². The molecule has 6 nitrogen and oxygen atoms in total. The summed E-state index contributed by atoms with van der Waals surface area (Å²) in [7, 11) is 0. The van der Waals surface area contributed by atoms with Gasteiger partial charge in [-0.25, -0.2) is 4.39 Å². The molecule has 1 N–H and O–H groups in total. The molecular weight excluding hydrogens is 347 g/mol. The fourth-order valence-corrected chi connectivity index (χ4v) is 3.54. The van der Waals surface area contributed by atoms with Crippen LogP contribution >= 0.6 is 0 Å². The Balaban J connectivity index is 1.39. The second-order valence-corrected chi connectivity index (χ2v) is 6.74. The van der Waals surface area contributed by atoms with Crippen LogP contribution in [0.25, 0.3) is 0 Å². The van der Waals surface area contributed by atoms with Gasteiger partial charge >= 0.3 is 0 Å². The number of nitrogens with one attached hydrogen (secondary N) is 1. The van der Waals surface area contributed by atoms with E-state index in [0.717, 1.165) is 30.8 Å². The van der Waals surface area contributed by atoms with E-state index in [0.29, 0.717) is 18.8 Å². The van der Waals surface area contributed by atoms with E-state index in [1.165, 1.54) is 12.3 Å². The van der Waals surface area contributed by atoms with E-state index in [2.05, 4.69) is 15.3 Å². The van der Waals surface area contributed by atoms with Crippen molar-refractivity contribution in [1.29, 1.82) is 0 Å². The number of carbonyl (C=O) groups is 1. The number of amides is 1. The largest absolute Gasteiger partial charge is 0.459 e. The molecule has 1 amide bonds. The average Bonchev–Trinajstić information content (AvgIpc) is 3.33. The minimum absolute atomic E-state index is 0.147. The lowest BCUT2D eigenvalue weighted by Crippen LogP contribution is -2.39. The average molecular weight is 368 g/mol. The SMILES string of the molecule is O=C(NCC[C@@H]1CN(Cc2cccc(F)c2)Cc2ccnn21)c1ccco1. The first-order chi connectivity index (χ1) is 13.2. The molecule has 1 atom stereocenters. The van der Waals surface area contributed by atoms with Gasteiger partial charge in [-0.1, -0.05) is 12.1 Å². The van der Waals surface area contributed by atoms with Crippen molar-refractivity contribution in [1.82, 2.24) is 20.0 Å². The number of carbonyl (C=O) groups excluding carboxylic acids is 1. The van der Waals surface area contributed by atoms with E-state index in [9.17, 15) is 9.18 Å². The maximum absolute atomic E-state index is 13.5. The second kappa shape index (κ2) is 7.75. The first-order valence-corrected chi connectivity index (χ1v) is 9.00. The van der Waals surface area contributed by atoms with E-state index in [1.54, 1.807) is 30.5 Å². The fourth-order valence-electron chi connectivity index (χ4n) is 3.54. The molecule has 0 radical (unpaired) electrons. The third-order valence-corrected chi connectivity index (χ3v) is 4.76. The standard InChI is InChI=1S/C20H21FN4O2/c21-16-4-1-3-15(11-16)12-24-13-17(25-18(14-24)7-9-23-25)6-8-22-20(26)19-5-2-10-27-19/h1-5,7,9-11,17H,6,8,12-14H2,(H,22,26)/t17-/m1/s1. The van der Waals surface area contributed by atoms with Crippen molar-refractivity contribution >= 4 is 5.91 Å². The number of halogens is 1. The molecule has 0 fully saturated rings. The van der Waals surface area contributed by atoms with Crippen LogP contribution < -0.4 is 5.32 Å². The summed E-state index contributed by atoms with van der Waals surface area (Å²) < 4.78 is 20.6. The Kier molecular flexibility index (Phi) is 5.02. The van der Waals surface area contributed by atoms with E-state index >= 15 is 0 Å². The molecular formula is C20H21FN4O2. The molecule has 0 saturated carbocycles. The molecule has 0 saturated heterocycles. The highest BCUT2D eigenvalue weighted by molar-refractivity contribution is 5.91. The number of hydrogen-bond donors (Lipinski definition) is 1. The van der Waals surface area contributed by atoms with Crippen LogP contribution in [0.2, 0.25) is 0 Å². The molecule has 0 unspecified atom stereocenters. The highest BCUT2D eigenvalue weighted by Gasteiger charge is 2.25. The van der Waals surface area contributed by atoms with Crippen LogP contribution in [0.4, 0.5) is 4.39 Å². The first-order valence-electron chi connectivity index (χ1n) is 9.00. The molecule has 3 aromatic rings. The molecule has 0 bridgehead atoms. The summed E-state index contributed by atoms with van der Waals surface area (Å²) in [6.07, 6.45) is 4.03. The van der Waals surface area contributed by atoms with Gasteiger partial charge in [0.2, 0.25) is 0 Å². The highest BCUT2D eigenvalue weighted by Crippen LogP contribution is 2.24. The molecule has 140 valence electrons. The molecule has 0 spiro atoms. The Bertz CT molecular complexity index is 906. The number of furan rings is 1. The summed E-state index contributed by atoms with van der Waals surface area (Å²) in [5, 5.41) is 7.33. The van der Waals surface area contributed by atoms with Gasteiger partial charge in [0.25, 0.3) is 5.91 Å². The molecule has 7 heteroatoms. The van der Waals surface area contributed by atoms with Crippen molar-refractivity contribution < 1.29 is 13.6 Å². The number of fused-ring (bicyclic) bond motifs is 1. The zero-order valence-corrected chi connectivity index (χ0v) is 14.8. The maximum Gasteiger partial charge on any atom is 0.286 e. The Morgan fingerprint density at radius 2 is 2.22 bits per heavy atom. The summed E-state index contributed by atoms with van der Waals surface area (Å²) in [6, 6.07) is 12.2. The molecule has 27 heavy (non-hydrogen) atoms. The number of benzene rings is 1. The number of nitrogens with zero attached hydrogens (tertiary/aromatic N) is 3. The molecule has 2 aromatic heterocycles. The normalized spacial score (nSPS) is 16.9. The lowest BCUT2D eigenvalue weighted by atomic mass is 10.1. The topological polar surface area (TPSA) is 63.3 Å². The van der Waals surface area contributed by atoms with Gasteiger partial charge in [0.05, 0.1) is 18.0 Å². The third kappa shape index (κ3) is 4.09. The van der Waals surface area contributed by atoms with Gasteiger partial charge in [0.1, 0.15) is 5.82 Å². The Hall–Kier alpha value is -2.93. The van der Waals surface area contributed by atoms with Gasteiger partial charge in [-0.3, -0.25) is 14.4 Å². The predicted molar refractivity (Wildman–Crippen MR) is 97.4 cm³/mol. The van der Waals surface area contributed by atoms with Crippen molar-refractivity contribution in [3.05, 3.63) is 77.8 Å². The summed E-state index contributed by atoms with van der Waals surface area (Å²) >= 11 is 0. The molecule has 1 aliphatic rings. The summed E-state index contributed by atoms with van der Waals surface area (Å²) in [5.74, 6) is -0.119. The van der Waals surface area contributed by atoms with Crippen LogP contribution in [0.1, 0.15) is 34.3 Å². The zero-order chi connectivity index (χ0) is 18.6. The van der Waals surface area contributed by atoms with E-state index in [1.807, 2.05) is 16.8 Å². The molecule has 4 rings (SSSR count). The van der Waals surface area contributed by atoms with Crippen molar-refractivity contribution in [2.24, 2.45) is 0 Å². The lowest BCUT2D eigenvalue weighted by molar-refractivity contribution is 0.0919. The maximum atomic E-state index is 13.5.